The molecule has 0 spiro atoms. The third kappa shape index (κ3) is 9.84. The van der Waals surface area contributed by atoms with Crippen LogP contribution in [0.15, 0.2) is 30.3 Å². The number of carbonyl (C=O) groups is 2. The molecule has 0 fully saturated rings. The molecule has 0 heterocycles. The van der Waals surface area contributed by atoms with Gasteiger partial charge >= 0.3 is 0 Å². The Kier molecular flexibility index (Phi) is 9.99. The number of hydrogen-bond donors (Lipinski definition) is 1. The monoisotopic (exact) mass is 381 g/mol. The van der Waals surface area contributed by atoms with Gasteiger partial charge in [-0.2, -0.15) is 0 Å². The fraction of sp³-hybridized carbons (Fsp3) is 0.600. The molecule has 0 bridgehead atoms. The second kappa shape index (κ2) is 10.6. The topological polar surface area (TPSA) is 94.1 Å². The van der Waals surface area contributed by atoms with Gasteiger partial charge in [-0.25, -0.2) is 0 Å². The zero-order valence-electron chi connectivity index (χ0n) is 17.3. The number of benzene rings is 1. The van der Waals surface area contributed by atoms with Crippen molar-refractivity contribution < 1.29 is 24.9 Å². The lowest BCUT2D eigenvalue weighted by Gasteiger charge is -2.39. The maximum Gasteiger partial charge on any atom is 0.192 e. The quantitative estimate of drug-likeness (QED) is 0.734. The van der Waals surface area contributed by atoms with E-state index in [0.29, 0.717) is 6.04 Å². The van der Waals surface area contributed by atoms with Crippen LogP contribution in [0.4, 0.5) is 0 Å². The van der Waals surface area contributed by atoms with E-state index in [0.717, 1.165) is 0 Å². The van der Waals surface area contributed by atoms with Crippen LogP contribution in [-0.2, 0) is 14.0 Å². The van der Waals surface area contributed by atoms with Gasteiger partial charge in [-0.3, -0.25) is 4.79 Å². The van der Waals surface area contributed by atoms with Crippen molar-refractivity contribution in [2.45, 2.75) is 77.7 Å². The van der Waals surface area contributed by atoms with Crippen LogP contribution in [0.3, 0.4) is 0 Å². The Bertz CT molecular complexity index is 549. The number of ketones is 1. The summed E-state index contributed by atoms with van der Waals surface area (Å²) in [7, 11) is -2.04. The van der Waals surface area contributed by atoms with Crippen LogP contribution in [0.25, 0.3) is 0 Å². The van der Waals surface area contributed by atoms with Gasteiger partial charge in [-0.15, -0.1) is 0 Å². The molecular weight excluding hydrogens is 346 g/mol. The van der Waals surface area contributed by atoms with E-state index in [1.807, 2.05) is 31.3 Å². The SMILES string of the molecule is CC(=O)C[C@@H](CC(=O)[O-])O[Si](C)(C)C(C)(C)C.C[C@@H]([NH3+])c1ccccc1. The van der Waals surface area contributed by atoms with Crippen molar-refractivity contribution in [3.63, 3.8) is 0 Å². The van der Waals surface area contributed by atoms with Crippen molar-refractivity contribution in [2.75, 3.05) is 0 Å². The molecule has 5 nitrogen and oxygen atoms in total. The molecule has 1 aromatic carbocycles. The predicted molar refractivity (Wildman–Crippen MR) is 105 cm³/mol. The van der Waals surface area contributed by atoms with E-state index in [-0.39, 0.29) is 23.7 Å². The molecule has 0 aliphatic rings. The highest BCUT2D eigenvalue weighted by Crippen LogP contribution is 2.37. The minimum absolute atomic E-state index is 0.00598. The van der Waals surface area contributed by atoms with E-state index in [1.54, 1.807) is 0 Å². The minimum Gasteiger partial charge on any atom is -0.550 e. The van der Waals surface area contributed by atoms with Crippen molar-refractivity contribution in [3.05, 3.63) is 35.9 Å². The molecule has 0 radical (unpaired) electrons. The number of carboxylic acids is 1. The maximum absolute atomic E-state index is 11.1. The Balaban J connectivity index is 0.000000577. The maximum atomic E-state index is 11.1. The first kappa shape index (κ1) is 24.5. The molecule has 0 aliphatic heterocycles. The highest BCUT2D eigenvalue weighted by Gasteiger charge is 2.39. The number of carbonyl (C=O) groups excluding carboxylic acids is 2. The number of hydrogen-bond acceptors (Lipinski definition) is 4. The molecule has 0 saturated carbocycles. The summed E-state index contributed by atoms with van der Waals surface area (Å²) in [6.07, 6.45) is -0.634. The average molecular weight is 382 g/mol. The first-order valence-electron chi connectivity index (χ1n) is 9.01. The van der Waals surface area contributed by atoms with Gasteiger partial charge in [-0.1, -0.05) is 51.1 Å². The first-order valence-corrected chi connectivity index (χ1v) is 11.9. The van der Waals surface area contributed by atoms with Crippen molar-refractivity contribution in [3.8, 4) is 0 Å². The third-order valence-corrected chi connectivity index (χ3v) is 9.08. The largest absolute Gasteiger partial charge is 0.550 e. The Morgan fingerprint density at radius 3 is 1.96 bits per heavy atom. The van der Waals surface area contributed by atoms with Crippen LogP contribution in [0.5, 0.6) is 0 Å². The van der Waals surface area contributed by atoms with E-state index in [4.69, 9.17) is 4.43 Å². The first-order chi connectivity index (χ1) is 11.8. The standard InChI is InChI=1S/C12H24O4Si.C8H11N/c1-9(13)7-10(8-11(14)15)16-17(5,6)12(2,3)4;1-7(9)8-5-3-2-4-6-8/h10H,7-8H2,1-6H3,(H,14,15);2-7H,9H2,1H3/t10-;7-/m01/s1. The second-order valence-electron chi connectivity index (χ2n) is 8.29. The van der Waals surface area contributed by atoms with Crippen LogP contribution >= 0.6 is 0 Å². The fourth-order valence-electron chi connectivity index (χ4n) is 2.04. The number of rotatable bonds is 7. The molecule has 0 aromatic heterocycles. The Labute approximate surface area is 159 Å². The molecule has 3 N–H and O–H groups in total. The van der Waals surface area contributed by atoms with Crippen LogP contribution in [0.2, 0.25) is 18.1 Å². The van der Waals surface area contributed by atoms with Crippen molar-refractivity contribution in [1.82, 2.24) is 0 Å². The van der Waals surface area contributed by atoms with Gasteiger partial charge in [0.25, 0.3) is 0 Å². The minimum atomic E-state index is -2.04. The molecule has 148 valence electrons. The highest BCUT2D eigenvalue weighted by atomic mass is 28.4. The van der Waals surface area contributed by atoms with Crippen LogP contribution < -0.4 is 10.8 Å². The number of carboxylic acid groups (broad SMARTS) is 1. The summed E-state index contributed by atoms with van der Waals surface area (Å²) >= 11 is 0. The molecule has 1 rings (SSSR count). The summed E-state index contributed by atoms with van der Waals surface area (Å²) < 4.78 is 5.92. The zero-order valence-corrected chi connectivity index (χ0v) is 18.3. The lowest BCUT2D eigenvalue weighted by atomic mass is 10.1. The molecule has 0 aliphatic carbocycles. The molecule has 0 saturated heterocycles. The van der Waals surface area contributed by atoms with E-state index >= 15 is 0 Å². The number of quaternary nitrogens is 1. The van der Waals surface area contributed by atoms with E-state index in [2.05, 4.69) is 45.6 Å². The zero-order chi connectivity index (χ0) is 20.5. The molecule has 1 aromatic rings. The second-order valence-corrected chi connectivity index (χ2v) is 13.1. The third-order valence-electron chi connectivity index (χ3n) is 4.55. The summed E-state index contributed by atoms with van der Waals surface area (Å²) in [5.74, 6) is -1.23. The van der Waals surface area contributed by atoms with Gasteiger partial charge in [0.05, 0.1) is 6.10 Å². The lowest BCUT2D eigenvalue weighted by Crippen LogP contribution is -2.51. The van der Waals surface area contributed by atoms with Crippen molar-refractivity contribution in [2.24, 2.45) is 0 Å². The fourth-order valence-corrected chi connectivity index (χ4v) is 3.39. The Morgan fingerprint density at radius 1 is 1.15 bits per heavy atom. The summed E-state index contributed by atoms with van der Waals surface area (Å²) in [6.45, 7) is 13.8. The van der Waals surface area contributed by atoms with Crippen molar-refractivity contribution in [1.29, 1.82) is 0 Å². The van der Waals surface area contributed by atoms with Crippen molar-refractivity contribution >= 4 is 20.1 Å². The molecular formula is C20H35NO4Si. The summed E-state index contributed by atoms with van der Waals surface area (Å²) in [4.78, 5) is 21.7. The lowest BCUT2D eigenvalue weighted by molar-refractivity contribution is -0.420. The van der Waals surface area contributed by atoms with Gasteiger partial charge < -0.3 is 20.1 Å². The highest BCUT2D eigenvalue weighted by molar-refractivity contribution is 6.74. The Morgan fingerprint density at radius 2 is 1.65 bits per heavy atom. The summed E-state index contributed by atoms with van der Waals surface area (Å²) in [6, 6.07) is 10.7. The smallest absolute Gasteiger partial charge is 0.192 e. The van der Waals surface area contributed by atoms with Crippen LogP contribution in [-0.4, -0.2) is 26.2 Å². The molecule has 2 atom stereocenters. The van der Waals surface area contributed by atoms with Gasteiger partial charge in [0, 0.05) is 24.4 Å². The van der Waals surface area contributed by atoms with E-state index in [1.165, 1.54) is 12.5 Å². The van der Waals surface area contributed by atoms with Crippen LogP contribution in [0, 0.1) is 0 Å². The van der Waals surface area contributed by atoms with E-state index in [9.17, 15) is 14.7 Å². The molecule has 26 heavy (non-hydrogen) atoms. The van der Waals surface area contributed by atoms with Gasteiger partial charge in [0.1, 0.15) is 11.8 Å². The molecule has 0 unspecified atom stereocenters. The summed E-state index contributed by atoms with van der Waals surface area (Å²) in [5, 5.41) is 10.6. The van der Waals surface area contributed by atoms with E-state index < -0.39 is 20.4 Å². The van der Waals surface area contributed by atoms with Gasteiger partial charge in [0.2, 0.25) is 0 Å². The Hall–Kier alpha value is -1.50. The molecule has 6 heteroatoms. The van der Waals surface area contributed by atoms with Gasteiger partial charge in [-0.05, 0) is 32.0 Å². The van der Waals surface area contributed by atoms with Gasteiger partial charge in [0.15, 0.2) is 8.32 Å². The predicted octanol–water partition coefficient (Wildman–Crippen LogP) is 2.49. The summed E-state index contributed by atoms with van der Waals surface area (Å²) in [5.41, 5.74) is 5.21. The van der Waals surface area contributed by atoms with Crippen LogP contribution in [0.1, 0.15) is 59.1 Å². The normalized spacial score (nSPS) is 14.0. The number of Topliss-reactive ketones (excluding diaryl/α,β-unsaturated/α-hetero) is 1. The molecule has 0 amide bonds. The number of aliphatic carboxylic acids is 1. The average Bonchev–Trinajstić information content (AvgIpc) is 2.45.